The van der Waals surface area contributed by atoms with E-state index in [1.165, 1.54) is 32.1 Å². The van der Waals surface area contributed by atoms with Crippen molar-refractivity contribution in [3.8, 4) is 0 Å². The largest absolute Gasteiger partial charge is 0.316 e. The van der Waals surface area contributed by atoms with Crippen LogP contribution in [0.1, 0.15) is 59.3 Å². The van der Waals surface area contributed by atoms with E-state index >= 15 is 0 Å². The highest BCUT2D eigenvalue weighted by Crippen LogP contribution is 1.97. The normalized spacial score (nSPS) is 11.3. The van der Waals surface area contributed by atoms with Gasteiger partial charge < -0.3 is 10.2 Å². The summed E-state index contributed by atoms with van der Waals surface area (Å²) in [5.74, 6) is 0.746. The standard InChI is InChI=1S/C14H32N2O/c1-4-5-6-7-11-16-17-12-9-8-10-15-13-14(2)3/h14-16H,4-13H2,1-3H3. The van der Waals surface area contributed by atoms with Gasteiger partial charge in [-0.05, 0) is 38.3 Å². The molecule has 0 aliphatic carbocycles. The molecular weight excluding hydrogens is 212 g/mol. The van der Waals surface area contributed by atoms with E-state index in [1.54, 1.807) is 0 Å². The summed E-state index contributed by atoms with van der Waals surface area (Å²) < 4.78 is 0. The molecule has 0 rings (SSSR count). The number of nitrogens with one attached hydrogen (secondary N) is 2. The lowest BCUT2D eigenvalue weighted by Crippen LogP contribution is -2.21. The smallest absolute Gasteiger partial charge is 0.0682 e. The van der Waals surface area contributed by atoms with Gasteiger partial charge in [0.25, 0.3) is 0 Å². The molecule has 0 bridgehead atoms. The topological polar surface area (TPSA) is 33.3 Å². The van der Waals surface area contributed by atoms with Crippen LogP contribution in [0, 0.1) is 5.92 Å². The van der Waals surface area contributed by atoms with E-state index in [-0.39, 0.29) is 0 Å². The summed E-state index contributed by atoms with van der Waals surface area (Å²) in [6.07, 6.45) is 7.50. The third-order valence-corrected chi connectivity index (χ3v) is 2.64. The van der Waals surface area contributed by atoms with Crippen LogP contribution in [0.25, 0.3) is 0 Å². The quantitative estimate of drug-likeness (QED) is 0.386. The molecule has 0 aromatic heterocycles. The number of unbranched alkanes of at least 4 members (excludes halogenated alkanes) is 4. The van der Waals surface area contributed by atoms with Gasteiger partial charge in [0, 0.05) is 6.54 Å². The van der Waals surface area contributed by atoms with Gasteiger partial charge in [0.15, 0.2) is 0 Å². The maximum absolute atomic E-state index is 5.36. The molecule has 104 valence electrons. The van der Waals surface area contributed by atoms with Gasteiger partial charge in [-0.25, -0.2) is 5.48 Å². The summed E-state index contributed by atoms with van der Waals surface area (Å²) in [5, 5.41) is 3.43. The highest BCUT2D eigenvalue weighted by atomic mass is 16.6. The fraction of sp³-hybridized carbons (Fsp3) is 1.00. The molecule has 0 unspecified atom stereocenters. The van der Waals surface area contributed by atoms with E-state index in [9.17, 15) is 0 Å². The Hall–Kier alpha value is -0.120. The Morgan fingerprint density at radius 2 is 1.71 bits per heavy atom. The molecule has 0 amide bonds. The lowest BCUT2D eigenvalue weighted by atomic mass is 10.2. The molecule has 0 aromatic carbocycles. The third-order valence-electron chi connectivity index (χ3n) is 2.64. The molecule has 0 aromatic rings. The van der Waals surface area contributed by atoms with Gasteiger partial charge in [-0.15, -0.1) is 0 Å². The SMILES string of the molecule is CCCCCCNOCCCCNCC(C)C. The molecule has 0 aliphatic heterocycles. The average molecular weight is 244 g/mol. The summed E-state index contributed by atoms with van der Waals surface area (Å²) in [6, 6.07) is 0. The summed E-state index contributed by atoms with van der Waals surface area (Å²) in [6.45, 7) is 10.8. The molecule has 0 spiro atoms. The zero-order valence-electron chi connectivity index (χ0n) is 12.1. The maximum Gasteiger partial charge on any atom is 0.0682 e. The van der Waals surface area contributed by atoms with Crippen molar-refractivity contribution in [2.24, 2.45) is 5.92 Å². The molecule has 17 heavy (non-hydrogen) atoms. The van der Waals surface area contributed by atoms with Crippen molar-refractivity contribution < 1.29 is 4.84 Å². The van der Waals surface area contributed by atoms with Crippen LogP contribution in [0.15, 0.2) is 0 Å². The lowest BCUT2D eigenvalue weighted by molar-refractivity contribution is 0.0379. The second kappa shape index (κ2) is 13.9. The number of hydrogen-bond donors (Lipinski definition) is 2. The molecule has 3 heteroatoms. The van der Waals surface area contributed by atoms with Gasteiger partial charge >= 0.3 is 0 Å². The minimum Gasteiger partial charge on any atom is -0.316 e. The van der Waals surface area contributed by atoms with Crippen LogP contribution in [0.5, 0.6) is 0 Å². The first-order valence-corrected chi connectivity index (χ1v) is 7.32. The number of rotatable bonds is 13. The monoisotopic (exact) mass is 244 g/mol. The van der Waals surface area contributed by atoms with Gasteiger partial charge in [0.1, 0.15) is 0 Å². The van der Waals surface area contributed by atoms with Crippen molar-refractivity contribution in [3.63, 3.8) is 0 Å². The van der Waals surface area contributed by atoms with Crippen LogP contribution in [0.4, 0.5) is 0 Å². The van der Waals surface area contributed by atoms with Crippen molar-refractivity contribution in [2.45, 2.75) is 59.3 Å². The molecule has 0 heterocycles. The highest BCUT2D eigenvalue weighted by Gasteiger charge is 1.93. The summed E-state index contributed by atoms with van der Waals surface area (Å²) in [5.41, 5.74) is 3.03. The average Bonchev–Trinajstić information content (AvgIpc) is 2.30. The zero-order chi connectivity index (χ0) is 12.8. The van der Waals surface area contributed by atoms with E-state index in [0.717, 1.165) is 38.6 Å². The Balaban J connectivity index is 2.89. The van der Waals surface area contributed by atoms with E-state index in [4.69, 9.17) is 4.84 Å². The first-order valence-electron chi connectivity index (χ1n) is 7.32. The van der Waals surface area contributed by atoms with Crippen LogP contribution in [-0.2, 0) is 4.84 Å². The molecule has 0 atom stereocenters. The minimum atomic E-state index is 0.746. The highest BCUT2D eigenvalue weighted by molar-refractivity contribution is 4.51. The van der Waals surface area contributed by atoms with E-state index in [0.29, 0.717) is 0 Å². The summed E-state index contributed by atoms with van der Waals surface area (Å²) in [7, 11) is 0. The summed E-state index contributed by atoms with van der Waals surface area (Å²) >= 11 is 0. The molecule has 0 fully saturated rings. The van der Waals surface area contributed by atoms with Crippen molar-refractivity contribution in [3.05, 3.63) is 0 Å². The Labute approximate surface area is 108 Å². The van der Waals surface area contributed by atoms with E-state index in [2.05, 4.69) is 31.6 Å². The van der Waals surface area contributed by atoms with Gasteiger partial charge in [0.2, 0.25) is 0 Å². The maximum atomic E-state index is 5.36. The minimum absolute atomic E-state index is 0.746. The molecule has 2 N–H and O–H groups in total. The molecule has 0 saturated heterocycles. The molecule has 0 radical (unpaired) electrons. The Kier molecular flexibility index (Phi) is 13.8. The van der Waals surface area contributed by atoms with Gasteiger partial charge in [0.05, 0.1) is 6.61 Å². The Morgan fingerprint density at radius 3 is 2.41 bits per heavy atom. The fourth-order valence-corrected chi connectivity index (χ4v) is 1.58. The zero-order valence-corrected chi connectivity index (χ0v) is 12.1. The Bertz CT molecular complexity index is 140. The van der Waals surface area contributed by atoms with Crippen molar-refractivity contribution >= 4 is 0 Å². The van der Waals surface area contributed by atoms with Crippen molar-refractivity contribution in [2.75, 3.05) is 26.2 Å². The van der Waals surface area contributed by atoms with E-state index in [1.807, 2.05) is 0 Å². The lowest BCUT2D eigenvalue weighted by Gasteiger charge is -2.08. The van der Waals surface area contributed by atoms with E-state index < -0.39 is 0 Å². The number of hydrogen-bond acceptors (Lipinski definition) is 3. The van der Waals surface area contributed by atoms with Gasteiger partial charge in [-0.1, -0.05) is 40.0 Å². The second-order valence-electron chi connectivity index (χ2n) is 5.11. The van der Waals surface area contributed by atoms with Gasteiger partial charge in [-0.3, -0.25) is 0 Å². The Morgan fingerprint density at radius 1 is 0.941 bits per heavy atom. The van der Waals surface area contributed by atoms with Crippen LogP contribution in [0.2, 0.25) is 0 Å². The molecule has 3 nitrogen and oxygen atoms in total. The summed E-state index contributed by atoms with van der Waals surface area (Å²) in [4.78, 5) is 5.36. The van der Waals surface area contributed by atoms with Crippen LogP contribution >= 0.6 is 0 Å². The first kappa shape index (κ1) is 16.9. The predicted molar refractivity (Wildman–Crippen MR) is 75.0 cm³/mol. The van der Waals surface area contributed by atoms with Crippen LogP contribution in [-0.4, -0.2) is 26.2 Å². The van der Waals surface area contributed by atoms with Gasteiger partial charge in [-0.2, -0.15) is 0 Å². The second-order valence-corrected chi connectivity index (χ2v) is 5.11. The number of hydroxylamine groups is 1. The molecule has 0 aliphatic rings. The van der Waals surface area contributed by atoms with Crippen molar-refractivity contribution in [1.29, 1.82) is 0 Å². The molecule has 0 saturated carbocycles. The predicted octanol–water partition coefficient (Wildman–Crippen LogP) is 3.11. The fourth-order valence-electron chi connectivity index (χ4n) is 1.58. The van der Waals surface area contributed by atoms with Crippen LogP contribution in [0.3, 0.4) is 0 Å². The van der Waals surface area contributed by atoms with Crippen LogP contribution < -0.4 is 10.8 Å². The first-order chi connectivity index (χ1) is 8.27. The molecular formula is C14H32N2O. The van der Waals surface area contributed by atoms with Crippen molar-refractivity contribution in [1.82, 2.24) is 10.8 Å². The third kappa shape index (κ3) is 15.9.